The highest BCUT2D eigenvalue weighted by molar-refractivity contribution is 6.00. The Morgan fingerprint density at radius 2 is 1.86 bits per heavy atom. The fourth-order valence-electron chi connectivity index (χ4n) is 3.82. The SMILES string of the molecule is CC(C)c1ccc([C@@H]2c3c(-c4ccccc4O)n[nH]c3C(=O)N2CCO)cc1. The molecule has 1 atom stereocenters. The molecule has 0 fully saturated rings. The first-order valence-electron chi connectivity index (χ1n) is 9.41. The first-order chi connectivity index (χ1) is 13.5. The van der Waals surface area contributed by atoms with Gasteiger partial charge >= 0.3 is 0 Å². The van der Waals surface area contributed by atoms with E-state index in [2.05, 4.69) is 36.2 Å². The molecule has 28 heavy (non-hydrogen) atoms. The number of carbonyl (C=O) groups excluding carboxylic acids is 1. The van der Waals surface area contributed by atoms with Crippen molar-refractivity contribution in [1.82, 2.24) is 15.1 Å². The molecule has 0 saturated carbocycles. The summed E-state index contributed by atoms with van der Waals surface area (Å²) in [6.45, 7) is 4.36. The molecule has 1 aliphatic rings. The van der Waals surface area contributed by atoms with E-state index in [1.54, 1.807) is 23.1 Å². The average Bonchev–Trinajstić information content (AvgIpc) is 3.22. The van der Waals surface area contributed by atoms with E-state index in [4.69, 9.17) is 0 Å². The number of aromatic nitrogens is 2. The zero-order chi connectivity index (χ0) is 19.8. The number of nitrogens with one attached hydrogen (secondary N) is 1. The molecule has 1 aliphatic heterocycles. The summed E-state index contributed by atoms with van der Waals surface area (Å²) in [5, 5.41) is 27.0. The van der Waals surface area contributed by atoms with E-state index in [0.717, 1.165) is 11.1 Å². The number of hydrogen-bond acceptors (Lipinski definition) is 4. The van der Waals surface area contributed by atoms with E-state index in [9.17, 15) is 15.0 Å². The van der Waals surface area contributed by atoms with E-state index >= 15 is 0 Å². The van der Waals surface area contributed by atoms with Crippen LogP contribution in [0.2, 0.25) is 0 Å². The van der Waals surface area contributed by atoms with Gasteiger partial charge in [0.25, 0.3) is 5.91 Å². The molecular weight excluding hydrogens is 354 g/mol. The van der Waals surface area contributed by atoms with Gasteiger partial charge in [0.15, 0.2) is 0 Å². The Hall–Kier alpha value is -3.12. The standard InChI is InChI=1S/C22H23N3O3/c1-13(2)14-7-9-15(10-8-14)21-18-19(16-5-3-4-6-17(16)27)23-24-20(18)22(28)25(21)11-12-26/h3-10,13,21,26-27H,11-12H2,1-2H3,(H,23,24)/t21-/m1/s1. The number of rotatable bonds is 5. The number of aromatic hydroxyl groups is 1. The number of aliphatic hydroxyl groups excluding tert-OH is 1. The molecule has 0 bridgehead atoms. The smallest absolute Gasteiger partial charge is 0.273 e. The van der Waals surface area contributed by atoms with E-state index in [-0.39, 0.29) is 30.9 Å². The molecule has 0 radical (unpaired) electrons. The van der Waals surface area contributed by atoms with E-state index in [1.807, 2.05) is 18.2 Å². The van der Waals surface area contributed by atoms with Gasteiger partial charge in [0.1, 0.15) is 17.1 Å². The molecule has 0 aliphatic carbocycles. The van der Waals surface area contributed by atoms with Crippen molar-refractivity contribution in [1.29, 1.82) is 0 Å². The maximum absolute atomic E-state index is 13.0. The second-order valence-electron chi connectivity index (χ2n) is 7.32. The number of benzene rings is 2. The fraction of sp³-hybridized carbons (Fsp3) is 0.273. The number of β-amino-alcohol motifs (C(OH)–C–C–N with tert-alkyl or cyclic N) is 1. The Morgan fingerprint density at radius 3 is 2.50 bits per heavy atom. The van der Waals surface area contributed by atoms with Gasteiger partial charge in [-0.25, -0.2) is 0 Å². The lowest BCUT2D eigenvalue weighted by Gasteiger charge is -2.26. The van der Waals surface area contributed by atoms with Crippen molar-refractivity contribution in [3.05, 3.63) is 70.9 Å². The Morgan fingerprint density at radius 1 is 1.14 bits per heavy atom. The van der Waals surface area contributed by atoms with E-state index < -0.39 is 0 Å². The summed E-state index contributed by atoms with van der Waals surface area (Å²) < 4.78 is 0. The zero-order valence-electron chi connectivity index (χ0n) is 15.9. The van der Waals surface area contributed by atoms with Gasteiger partial charge in [0.2, 0.25) is 0 Å². The van der Waals surface area contributed by atoms with Crippen LogP contribution in [0.4, 0.5) is 0 Å². The van der Waals surface area contributed by atoms with Crippen molar-refractivity contribution in [2.24, 2.45) is 0 Å². The second-order valence-corrected chi connectivity index (χ2v) is 7.32. The van der Waals surface area contributed by atoms with Gasteiger partial charge in [-0.1, -0.05) is 50.2 Å². The van der Waals surface area contributed by atoms with Crippen molar-refractivity contribution in [2.75, 3.05) is 13.2 Å². The minimum atomic E-state index is -0.371. The predicted molar refractivity (Wildman–Crippen MR) is 106 cm³/mol. The lowest BCUT2D eigenvalue weighted by Crippen LogP contribution is -2.32. The summed E-state index contributed by atoms with van der Waals surface area (Å²) in [6, 6.07) is 14.8. The molecule has 1 amide bonds. The van der Waals surface area contributed by atoms with Crippen molar-refractivity contribution >= 4 is 5.91 Å². The number of amides is 1. The van der Waals surface area contributed by atoms with Crippen LogP contribution in [-0.2, 0) is 0 Å². The molecule has 2 aromatic carbocycles. The third-order valence-electron chi connectivity index (χ3n) is 5.28. The molecular formula is C22H23N3O3. The van der Waals surface area contributed by atoms with Gasteiger partial charge in [-0.05, 0) is 29.2 Å². The fourth-order valence-corrected chi connectivity index (χ4v) is 3.82. The summed E-state index contributed by atoms with van der Waals surface area (Å²) >= 11 is 0. The number of carbonyl (C=O) groups is 1. The quantitative estimate of drug-likeness (QED) is 0.635. The van der Waals surface area contributed by atoms with Crippen molar-refractivity contribution < 1.29 is 15.0 Å². The summed E-state index contributed by atoms with van der Waals surface area (Å²) in [5.41, 5.74) is 4.43. The number of nitrogens with zero attached hydrogens (tertiary/aromatic N) is 2. The maximum Gasteiger partial charge on any atom is 0.273 e. The average molecular weight is 377 g/mol. The molecule has 144 valence electrons. The first kappa shape index (κ1) is 18.3. The molecule has 0 unspecified atom stereocenters. The minimum Gasteiger partial charge on any atom is -0.507 e. The number of phenols is 1. The van der Waals surface area contributed by atoms with Crippen molar-refractivity contribution in [2.45, 2.75) is 25.8 Å². The summed E-state index contributed by atoms with van der Waals surface area (Å²) in [4.78, 5) is 14.6. The highest BCUT2D eigenvalue weighted by Gasteiger charge is 2.42. The van der Waals surface area contributed by atoms with Crippen LogP contribution in [0.5, 0.6) is 5.75 Å². The largest absolute Gasteiger partial charge is 0.507 e. The van der Waals surface area contributed by atoms with Crippen LogP contribution >= 0.6 is 0 Å². The number of para-hydroxylation sites is 1. The maximum atomic E-state index is 13.0. The summed E-state index contributed by atoms with van der Waals surface area (Å²) in [6.07, 6.45) is 0. The predicted octanol–water partition coefficient (Wildman–Crippen LogP) is 3.44. The van der Waals surface area contributed by atoms with Gasteiger partial charge in [-0.2, -0.15) is 5.10 Å². The van der Waals surface area contributed by atoms with Gasteiger partial charge in [-0.15, -0.1) is 0 Å². The van der Waals surface area contributed by atoms with Crippen LogP contribution in [0.15, 0.2) is 48.5 Å². The van der Waals surface area contributed by atoms with Crippen molar-refractivity contribution in [3.63, 3.8) is 0 Å². The number of phenolic OH excluding ortho intramolecular Hbond substituents is 1. The van der Waals surface area contributed by atoms with Crippen LogP contribution in [0.3, 0.4) is 0 Å². The van der Waals surface area contributed by atoms with Crippen LogP contribution in [-0.4, -0.2) is 44.4 Å². The molecule has 4 rings (SSSR count). The molecule has 1 aromatic heterocycles. The normalized spacial score (nSPS) is 16.1. The third kappa shape index (κ3) is 2.86. The Bertz CT molecular complexity index is 1010. The molecule has 0 saturated heterocycles. The Labute approximate surface area is 163 Å². The van der Waals surface area contributed by atoms with E-state index in [0.29, 0.717) is 22.9 Å². The molecule has 0 spiro atoms. The molecule has 2 heterocycles. The number of fused-ring (bicyclic) bond motifs is 1. The minimum absolute atomic E-state index is 0.110. The van der Waals surface area contributed by atoms with Crippen molar-refractivity contribution in [3.8, 4) is 17.0 Å². The first-order valence-corrected chi connectivity index (χ1v) is 9.41. The van der Waals surface area contributed by atoms with Crippen LogP contribution in [0, 0.1) is 0 Å². The lowest BCUT2D eigenvalue weighted by molar-refractivity contribution is 0.0706. The Kier molecular flexibility index (Phi) is 4.65. The number of aliphatic hydroxyl groups is 1. The van der Waals surface area contributed by atoms with E-state index in [1.165, 1.54) is 5.56 Å². The Balaban J connectivity index is 1.87. The lowest BCUT2D eigenvalue weighted by atomic mass is 9.93. The molecule has 3 N–H and O–H groups in total. The van der Waals surface area contributed by atoms with Crippen LogP contribution < -0.4 is 0 Å². The molecule has 3 aromatic rings. The highest BCUT2D eigenvalue weighted by Crippen LogP contribution is 2.44. The van der Waals surface area contributed by atoms with Crippen LogP contribution in [0.1, 0.15) is 53.0 Å². The number of H-pyrrole nitrogens is 1. The van der Waals surface area contributed by atoms with Crippen LogP contribution in [0.25, 0.3) is 11.3 Å². The molecule has 6 nitrogen and oxygen atoms in total. The second kappa shape index (κ2) is 7.13. The topological polar surface area (TPSA) is 89.5 Å². The summed E-state index contributed by atoms with van der Waals surface area (Å²) in [5.74, 6) is 0.323. The van der Waals surface area contributed by atoms with Gasteiger partial charge in [-0.3, -0.25) is 9.89 Å². The van der Waals surface area contributed by atoms with Gasteiger partial charge < -0.3 is 15.1 Å². The number of aromatic amines is 1. The third-order valence-corrected chi connectivity index (χ3v) is 5.28. The zero-order valence-corrected chi connectivity index (χ0v) is 15.9. The monoisotopic (exact) mass is 377 g/mol. The van der Waals surface area contributed by atoms with Gasteiger partial charge in [0.05, 0.1) is 12.6 Å². The summed E-state index contributed by atoms with van der Waals surface area (Å²) in [7, 11) is 0. The number of hydrogen-bond donors (Lipinski definition) is 3. The highest BCUT2D eigenvalue weighted by atomic mass is 16.3. The molecule has 6 heteroatoms. The van der Waals surface area contributed by atoms with Gasteiger partial charge in [0, 0.05) is 17.7 Å².